The van der Waals surface area contributed by atoms with Gasteiger partial charge in [0, 0.05) is 0 Å². The van der Waals surface area contributed by atoms with E-state index in [0.717, 1.165) is 24.3 Å². The Hall–Kier alpha value is -1.67. The molecule has 5 nitrogen and oxygen atoms in total. The summed E-state index contributed by atoms with van der Waals surface area (Å²) in [5.74, 6) is -1.14. The number of amides is 1. The van der Waals surface area contributed by atoms with E-state index >= 15 is 0 Å². The molecule has 0 aliphatic heterocycles. The van der Waals surface area contributed by atoms with Gasteiger partial charge in [0.15, 0.2) is 0 Å². The van der Waals surface area contributed by atoms with E-state index in [9.17, 15) is 17.6 Å². The first-order valence-electron chi connectivity index (χ1n) is 7.27. The van der Waals surface area contributed by atoms with Gasteiger partial charge in [-0.05, 0) is 42.8 Å². The molecule has 1 unspecified atom stereocenters. The number of rotatable bonds is 6. The molecular weight excluding hydrogens is 390 g/mol. The molecule has 0 radical (unpaired) electrons. The van der Waals surface area contributed by atoms with E-state index in [4.69, 9.17) is 23.2 Å². The van der Waals surface area contributed by atoms with E-state index in [0.29, 0.717) is 0 Å². The van der Waals surface area contributed by atoms with E-state index in [-0.39, 0.29) is 27.0 Å². The van der Waals surface area contributed by atoms with Crippen molar-refractivity contribution in [1.29, 1.82) is 0 Å². The highest BCUT2D eigenvalue weighted by atomic mass is 35.5. The van der Waals surface area contributed by atoms with E-state index in [1.807, 2.05) is 0 Å². The van der Waals surface area contributed by atoms with Crippen LogP contribution < -0.4 is 10.0 Å². The Morgan fingerprint density at radius 2 is 1.80 bits per heavy atom. The van der Waals surface area contributed by atoms with E-state index in [1.54, 1.807) is 25.1 Å². The highest BCUT2D eigenvalue weighted by Crippen LogP contribution is 2.29. The number of carbonyl (C=O) groups is 1. The Labute approximate surface area is 155 Å². The van der Waals surface area contributed by atoms with Crippen LogP contribution in [0, 0.1) is 5.82 Å². The molecule has 2 rings (SSSR count). The number of hydrogen-bond donors (Lipinski definition) is 2. The monoisotopic (exact) mass is 404 g/mol. The molecule has 0 heterocycles. The van der Waals surface area contributed by atoms with Crippen molar-refractivity contribution < 1.29 is 17.6 Å². The number of nitrogens with one attached hydrogen (secondary N) is 2. The Morgan fingerprint density at radius 1 is 1.16 bits per heavy atom. The predicted octanol–water partition coefficient (Wildman–Crippen LogP) is 3.83. The average Bonchev–Trinajstić information content (AvgIpc) is 2.57. The smallest absolute Gasteiger partial charge is 0.242 e. The fourth-order valence-corrected chi connectivity index (χ4v) is 3.64. The van der Waals surface area contributed by atoms with Gasteiger partial charge in [-0.3, -0.25) is 4.79 Å². The lowest BCUT2D eigenvalue weighted by Gasteiger charge is -2.17. The molecule has 2 aromatic rings. The first-order chi connectivity index (χ1) is 11.7. The van der Waals surface area contributed by atoms with Gasteiger partial charge >= 0.3 is 0 Å². The van der Waals surface area contributed by atoms with Crippen LogP contribution in [0.1, 0.15) is 13.3 Å². The summed E-state index contributed by atoms with van der Waals surface area (Å²) in [5, 5.41) is 2.97. The van der Waals surface area contributed by atoms with Gasteiger partial charge in [-0.1, -0.05) is 36.2 Å². The van der Waals surface area contributed by atoms with Gasteiger partial charge in [0.1, 0.15) is 11.9 Å². The lowest BCUT2D eigenvalue weighted by Crippen LogP contribution is -2.43. The minimum absolute atomic E-state index is 0.138. The highest BCUT2D eigenvalue weighted by molar-refractivity contribution is 7.89. The number of halogens is 3. The van der Waals surface area contributed by atoms with Crippen molar-refractivity contribution in [2.45, 2.75) is 24.3 Å². The molecule has 0 fully saturated rings. The summed E-state index contributed by atoms with van der Waals surface area (Å²) < 4.78 is 39.9. The molecule has 2 N–H and O–H groups in total. The molecule has 134 valence electrons. The Morgan fingerprint density at radius 3 is 2.40 bits per heavy atom. The minimum atomic E-state index is -3.98. The van der Waals surface area contributed by atoms with Crippen LogP contribution in [0.3, 0.4) is 0 Å². The second-order valence-corrected chi connectivity index (χ2v) is 7.63. The van der Waals surface area contributed by atoms with Gasteiger partial charge in [-0.2, -0.15) is 4.72 Å². The zero-order valence-corrected chi connectivity index (χ0v) is 15.4. The second-order valence-electron chi connectivity index (χ2n) is 5.13. The molecule has 0 aliphatic rings. The third-order valence-corrected chi connectivity index (χ3v) is 5.66. The molecule has 25 heavy (non-hydrogen) atoms. The third-order valence-electron chi connectivity index (χ3n) is 3.36. The molecule has 0 saturated carbocycles. The van der Waals surface area contributed by atoms with Gasteiger partial charge in [0.2, 0.25) is 15.9 Å². The van der Waals surface area contributed by atoms with Crippen LogP contribution in [0.4, 0.5) is 10.1 Å². The number of carbonyl (C=O) groups excluding carboxylic acids is 1. The van der Waals surface area contributed by atoms with Crippen LogP contribution in [0.25, 0.3) is 0 Å². The zero-order valence-electron chi connectivity index (χ0n) is 13.1. The van der Waals surface area contributed by atoms with Crippen molar-refractivity contribution in [3.05, 3.63) is 58.3 Å². The van der Waals surface area contributed by atoms with Gasteiger partial charge in [0.05, 0.1) is 20.6 Å². The first-order valence-corrected chi connectivity index (χ1v) is 9.51. The van der Waals surface area contributed by atoms with Crippen LogP contribution in [0.2, 0.25) is 10.0 Å². The zero-order chi connectivity index (χ0) is 18.6. The van der Waals surface area contributed by atoms with Crippen molar-refractivity contribution in [2.24, 2.45) is 0 Å². The van der Waals surface area contributed by atoms with Gasteiger partial charge in [-0.25, -0.2) is 12.8 Å². The molecule has 1 atom stereocenters. The fourth-order valence-electron chi connectivity index (χ4n) is 2.01. The number of sulfonamides is 1. The summed E-state index contributed by atoms with van der Waals surface area (Å²) >= 11 is 11.9. The third kappa shape index (κ3) is 4.92. The normalized spacial score (nSPS) is 12.6. The summed E-state index contributed by atoms with van der Waals surface area (Å²) in [6, 6.07) is 7.98. The summed E-state index contributed by atoms with van der Waals surface area (Å²) in [5.41, 5.74) is 0.276. The first kappa shape index (κ1) is 19.7. The maximum Gasteiger partial charge on any atom is 0.242 e. The molecule has 0 aromatic heterocycles. The number of anilines is 1. The SMILES string of the molecule is CCC(NS(=O)(=O)c1ccc(F)cc1)C(=O)Nc1cccc(Cl)c1Cl. The van der Waals surface area contributed by atoms with Crippen LogP contribution in [0.15, 0.2) is 47.4 Å². The van der Waals surface area contributed by atoms with Crippen LogP contribution >= 0.6 is 23.2 Å². The summed E-state index contributed by atoms with van der Waals surface area (Å²) in [6.45, 7) is 1.65. The molecule has 0 bridgehead atoms. The summed E-state index contributed by atoms with van der Waals surface area (Å²) in [4.78, 5) is 12.2. The Balaban J connectivity index is 2.17. The van der Waals surface area contributed by atoms with Crippen molar-refractivity contribution in [3.8, 4) is 0 Å². The number of hydrogen-bond acceptors (Lipinski definition) is 3. The topological polar surface area (TPSA) is 75.3 Å². The molecule has 0 aliphatic carbocycles. The fraction of sp³-hybridized carbons (Fsp3) is 0.188. The van der Waals surface area contributed by atoms with Gasteiger partial charge in [-0.15, -0.1) is 0 Å². The number of benzene rings is 2. The Kier molecular flexibility index (Phi) is 6.40. The molecule has 9 heteroatoms. The van der Waals surface area contributed by atoms with Crippen molar-refractivity contribution >= 4 is 44.8 Å². The van der Waals surface area contributed by atoms with Gasteiger partial charge < -0.3 is 5.32 Å². The summed E-state index contributed by atoms with van der Waals surface area (Å²) in [7, 11) is -3.98. The molecule has 2 aromatic carbocycles. The minimum Gasteiger partial charge on any atom is -0.323 e. The van der Waals surface area contributed by atoms with Crippen LogP contribution in [-0.4, -0.2) is 20.4 Å². The van der Waals surface area contributed by atoms with E-state index in [1.165, 1.54) is 0 Å². The maximum atomic E-state index is 12.9. The predicted molar refractivity (Wildman–Crippen MR) is 95.9 cm³/mol. The highest BCUT2D eigenvalue weighted by Gasteiger charge is 2.25. The molecular formula is C16H15Cl2FN2O3S. The van der Waals surface area contributed by atoms with Crippen LogP contribution in [0.5, 0.6) is 0 Å². The lowest BCUT2D eigenvalue weighted by molar-refractivity contribution is -0.117. The van der Waals surface area contributed by atoms with Crippen LogP contribution in [-0.2, 0) is 14.8 Å². The van der Waals surface area contributed by atoms with E-state index in [2.05, 4.69) is 10.0 Å². The molecule has 1 amide bonds. The van der Waals surface area contributed by atoms with Gasteiger partial charge in [0.25, 0.3) is 0 Å². The maximum absolute atomic E-state index is 12.9. The van der Waals surface area contributed by atoms with E-state index < -0.39 is 27.8 Å². The largest absolute Gasteiger partial charge is 0.323 e. The summed E-state index contributed by atoms with van der Waals surface area (Å²) in [6.07, 6.45) is 0.199. The molecule has 0 saturated heterocycles. The lowest BCUT2D eigenvalue weighted by atomic mass is 10.2. The quantitative estimate of drug-likeness (QED) is 0.767. The Bertz CT molecular complexity index is 873. The van der Waals surface area contributed by atoms with Crippen molar-refractivity contribution in [3.63, 3.8) is 0 Å². The average molecular weight is 405 g/mol. The molecule has 0 spiro atoms. The second kappa shape index (κ2) is 8.14. The van der Waals surface area contributed by atoms with Crippen molar-refractivity contribution in [1.82, 2.24) is 4.72 Å². The van der Waals surface area contributed by atoms with Crippen molar-refractivity contribution in [2.75, 3.05) is 5.32 Å². The standard InChI is InChI=1S/C16H15Cl2FN2O3S/c1-2-13(16(22)20-14-5-3-4-12(17)15(14)18)21-25(23,24)11-8-6-10(19)7-9-11/h3-9,13,21H,2H2,1H3,(H,20,22).